The molecular weight excluding hydrogens is 206 g/mol. The topological polar surface area (TPSA) is 73.6 Å². The maximum atomic E-state index is 9.52. The van der Waals surface area contributed by atoms with Crippen LogP contribution in [0.4, 0.5) is 0 Å². The molecule has 0 unspecified atom stereocenters. The van der Waals surface area contributed by atoms with E-state index in [4.69, 9.17) is 5.11 Å². The van der Waals surface area contributed by atoms with Crippen LogP contribution in [0, 0.1) is 19.0 Å². The number of hydrogen-bond acceptors (Lipinski definition) is 4. The van der Waals surface area contributed by atoms with E-state index in [2.05, 4.69) is 10.9 Å². The van der Waals surface area contributed by atoms with Crippen molar-refractivity contribution in [1.82, 2.24) is 4.98 Å². The van der Waals surface area contributed by atoms with E-state index < -0.39 is 0 Å². The van der Waals surface area contributed by atoms with Crippen molar-refractivity contribution < 1.29 is 15.3 Å². The molecule has 1 aromatic heterocycles. The lowest BCUT2D eigenvalue weighted by Crippen LogP contribution is -1.87. The van der Waals surface area contributed by atoms with Crippen LogP contribution in [0.2, 0.25) is 0 Å². The van der Waals surface area contributed by atoms with Crippen LogP contribution in [0.5, 0.6) is 11.5 Å². The number of phenolic OH excluding ortho intramolecular Hbond substituents is 2. The molecule has 0 atom stereocenters. The van der Waals surface area contributed by atoms with Gasteiger partial charge in [-0.05, 0) is 25.0 Å². The van der Waals surface area contributed by atoms with Gasteiger partial charge in [-0.15, -0.1) is 0 Å². The molecule has 0 bridgehead atoms. The van der Waals surface area contributed by atoms with E-state index in [0.717, 1.165) is 0 Å². The molecule has 16 heavy (non-hydrogen) atoms. The van der Waals surface area contributed by atoms with Gasteiger partial charge in [0.05, 0.1) is 5.52 Å². The average Bonchev–Trinajstić information content (AvgIpc) is 2.26. The Morgan fingerprint density at radius 1 is 1.25 bits per heavy atom. The van der Waals surface area contributed by atoms with Crippen molar-refractivity contribution >= 4 is 10.9 Å². The largest absolute Gasteiger partial charge is 0.504 e. The van der Waals surface area contributed by atoms with Crippen LogP contribution in [0.1, 0.15) is 11.1 Å². The molecule has 0 saturated carbocycles. The molecule has 2 rings (SSSR count). The summed E-state index contributed by atoms with van der Waals surface area (Å²) in [6.07, 6.45) is 3.28. The van der Waals surface area contributed by atoms with Crippen molar-refractivity contribution in [3.63, 3.8) is 0 Å². The Labute approximate surface area is 91.8 Å². The SMILES string of the molecule is Cc1c(O)c(O)cc2cc(C#CO)cnc12. The van der Waals surface area contributed by atoms with Gasteiger partial charge < -0.3 is 15.3 Å². The monoisotopic (exact) mass is 215 g/mol. The minimum Gasteiger partial charge on any atom is -0.504 e. The molecule has 80 valence electrons. The number of rotatable bonds is 0. The van der Waals surface area contributed by atoms with E-state index >= 15 is 0 Å². The fourth-order valence-corrected chi connectivity index (χ4v) is 1.56. The smallest absolute Gasteiger partial charge is 0.162 e. The summed E-state index contributed by atoms with van der Waals surface area (Å²) in [6, 6.07) is 3.09. The van der Waals surface area contributed by atoms with Gasteiger partial charge in [0, 0.05) is 22.7 Å². The first-order valence-corrected chi connectivity index (χ1v) is 4.60. The van der Waals surface area contributed by atoms with E-state index in [-0.39, 0.29) is 11.5 Å². The second-order valence-electron chi connectivity index (χ2n) is 3.40. The lowest BCUT2D eigenvalue weighted by molar-refractivity contribution is 0.402. The third kappa shape index (κ3) is 1.48. The van der Waals surface area contributed by atoms with E-state index in [1.807, 2.05) is 0 Å². The molecule has 0 aliphatic heterocycles. The highest BCUT2D eigenvalue weighted by Crippen LogP contribution is 2.34. The number of aromatic nitrogens is 1. The van der Waals surface area contributed by atoms with Crippen LogP contribution in [0.15, 0.2) is 18.3 Å². The normalized spacial score (nSPS) is 9.81. The van der Waals surface area contributed by atoms with E-state index in [0.29, 0.717) is 22.0 Å². The number of aryl methyl sites for hydroxylation is 1. The molecule has 1 heterocycles. The van der Waals surface area contributed by atoms with Gasteiger partial charge in [0.1, 0.15) is 6.11 Å². The molecule has 0 spiro atoms. The predicted molar refractivity (Wildman–Crippen MR) is 58.6 cm³/mol. The van der Waals surface area contributed by atoms with Crippen molar-refractivity contribution in [1.29, 1.82) is 0 Å². The summed E-state index contributed by atoms with van der Waals surface area (Å²) >= 11 is 0. The van der Waals surface area contributed by atoms with Crippen LogP contribution in [0.3, 0.4) is 0 Å². The quantitative estimate of drug-likeness (QED) is 0.461. The summed E-state index contributed by atoms with van der Waals surface area (Å²) in [5, 5.41) is 28.1. The number of aliphatic hydroxyl groups is 1. The minimum absolute atomic E-state index is 0.166. The fraction of sp³-hybridized carbons (Fsp3) is 0.0833. The van der Waals surface area contributed by atoms with Crippen molar-refractivity contribution in [2.45, 2.75) is 6.92 Å². The van der Waals surface area contributed by atoms with Gasteiger partial charge >= 0.3 is 0 Å². The molecule has 4 nitrogen and oxygen atoms in total. The average molecular weight is 215 g/mol. The number of aromatic hydroxyl groups is 2. The standard InChI is InChI=1S/C12H9NO3/c1-7-11-9(5-10(15)12(7)16)4-8(2-3-14)6-13-11/h4-6,14-16H,1H3. The van der Waals surface area contributed by atoms with Crippen LogP contribution < -0.4 is 0 Å². The molecule has 0 aliphatic rings. The fourth-order valence-electron chi connectivity index (χ4n) is 1.56. The van der Waals surface area contributed by atoms with Crippen molar-refractivity contribution in [2.24, 2.45) is 0 Å². The molecule has 0 amide bonds. The molecule has 2 aromatic rings. The van der Waals surface area contributed by atoms with E-state index in [9.17, 15) is 10.2 Å². The first-order valence-electron chi connectivity index (χ1n) is 4.60. The molecular formula is C12H9NO3. The first-order chi connectivity index (χ1) is 7.63. The van der Waals surface area contributed by atoms with Crippen LogP contribution >= 0.6 is 0 Å². The number of benzene rings is 1. The molecule has 0 fully saturated rings. The number of pyridine rings is 1. The second-order valence-corrected chi connectivity index (χ2v) is 3.40. The molecule has 0 aliphatic carbocycles. The predicted octanol–water partition coefficient (Wildman–Crippen LogP) is 1.64. The zero-order chi connectivity index (χ0) is 11.7. The Kier molecular flexibility index (Phi) is 2.29. The summed E-state index contributed by atoms with van der Waals surface area (Å²) < 4.78 is 0. The maximum Gasteiger partial charge on any atom is 0.162 e. The van der Waals surface area contributed by atoms with Gasteiger partial charge in [-0.2, -0.15) is 0 Å². The Bertz CT molecular complexity index is 623. The summed E-state index contributed by atoms with van der Waals surface area (Å²) in [5.74, 6) is 2.09. The van der Waals surface area contributed by atoms with Crippen molar-refractivity contribution in [2.75, 3.05) is 0 Å². The number of hydrogen-bond donors (Lipinski definition) is 3. The van der Waals surface area contributed by atoms with Gasteiger partial charge in [-0.25, -0.2) is 0 Å². The Morgan fingerprint density at radius 2 is 2.00 bits per heavy atom. The molecule has 4 heteroatoms. The molecule has 0 radical (unpaired) electrons. The zero-order valence-corrected chi connectivity index (χ0v) is 8.52. The van der Waals surface area contributed by atoms with Gasteiger partial charge in [-0.1, -0.05) is 0 Å². The lowest BCUT2D eigenvalue weighted by atomic mass is 10.1. The highest BCUT2D eigenvalue weighted by atomic mass is 16.3. The van der Waals surface area contributed by atoms with Crippen molar-refractivity contribution in [3.8, 4) is 23.5 Å². The van der Waals surface area contributed by atoms with Crippen molar-refractivity contribution in [3.05, 3.63) is 29.5 Å². The van der Waals surface area contributed by atoms with Crippen LogP contribution in [0.25, 0.3) is 10.9 Å². The van der Waals surface area contributed by atoms with Gasteiger partial charge in [-0.3, -0.25) is 4.98 Å². The van der Waals surface area contributed by atoms with E-state index in [1.165, 1.54) is 12.3 Å². The zero-order valence-electron chi connectivity index (χ0n) is 8.52. The molecule has 1 aromatic carbocycles. The van der Waals surface area contributed by atoms with E-state index in [1.54, 1.807) is 19.1 Å². The second kappa shape index (κ2) is 3.63. The van der Waals surface area contributed by atoms with Crippen LogP contribution in [-0.2, 0) is 0 Å². The summed E-state index contributed by atoms with van der Waals surface area (Å²) in [5.41, 5.74) is 1.65. The number of aliphatic hydroxyl groups excluding tert-OH is 1. The Hall–Kier alpha value is -2.41. The Morgan fingerprint density at radius 3 is 2.69 bits per heavy atom. The highest BCUT2D eigenvalue weighted by Gasteiger charge is 2.09. The lowest BCUT2D eigenvalue weighted by Gasteiger charge is -2.06. The summed E-state index contributed by atoms with van der Waals surface area (Å²) in [7, 11) is 0. The van der Waals surface area contributed by atoms with Gasteiger partial charge in [0.25, 0.3) is 0 Å². The van der Waals surface area contributed by atoms with Gasteiger partial charge in [0.15, 0.2) is 11.5 Å². The summed E-state index contributed by atoms with van der Waals surface area (Å²) in [6.45, 7) is 1.67. The number of nitrogens with zero attached hydrogens (tertiary/aromatic N) is 1. The summed E-state index contributed by atoms with van der Waals surface area (Å²) in [4.78, 5) is 4.12. The third-order valence-corrected chi connectivity index (χ3v) is 2.36. The molecule has 3 N–H and O–H groups in total. The van der Waals surface area contributed by atoms with Gasteiger partial charge in [0.2, 0.25) is 0 Å². The highest BCUT2D eigenvalue weighted by molar-refractivity contribution is 5.86. The Balaban J connectivity index is 2.79. The first kappa shape index (κ1) is 10.1. The molecule has 0 saturated heterocycles. The number of phenols is 2. The third-order valence-electron chi connectivity index (χ3n) is 2.36. The van der Waals surface area contributed by atoms with Crippen LogP contribution in [-0.4, -0.2) is 20.3 Å². The maximum absolute atomic E-state index is 9.52. The minimum atomic E-state index is -0.194. The number of fused-ring (bicyclic) bond motifs is 1.